The summed E-state index contributed by atoms with van der Waals surface area (Å²) in [6.45, 7) is 4.41. The van der Waals surface area contributed by atoms with E-state index in [1.807, 2.05) is 11.8 Å². The lowest BCUT2D eigenvalue weighted by molar-refractivity contribution is -0.137. The molecule has 0 radical (unpaired) electrons. The van der Waals surface area contributed by atoms with Gasteiger partial charge in [-0.25, -0.2) is 14.4 Å². The van der Waals surface area contributed by atoms with Gasteiger partial charge in [0.05, 0.1) is 53.0 Å². The molecule has 4 N–H and O–H groups in total. The molecule has 11 nitrogen and oxygen atoms in total. The van der Waals surface area contributed by atoms with Gasteiger partial charge in [0.1, 0.15) is 41.8 Å². The third kappa shape index (κ3) is 5.19. The van der Waals surface area contributed by atoms with Crippen LogP contribution in [0.1, 0.15) is 42.5 Å². The van der Waals surface area contributed by atoms with Gasteiger partial charge in [0.25, 0.3) is 0 Å². The molecule has 4 aliphatic rings. The van der Waals surface area contributed by atoms with Crippen molar-refractivity contribution < 1.29 is 36.5 Å². The highest BCUT2D eigenvalue weighted by Gasteiger charge is 2.63. The minimum atomic E-state index is -4.91. The summed E-state index contributed by atoms with van der Waals surface area (Å²) >= 11 is 6.78. The van der Waals surface area contributed by atoms with E-state index in [0.29, 0.717) is 31.6 Å². The fourth-order valence-electron chi connectivity index (χ4n) is 7.38. The van der Waals surface area contributed by atoms with E-state index >= 15 is 4.39 Å². The monoisotopic (exact) mass is 689 g/mol. The molecule has 8 rings (SSSR count). The van der Waals surface area contributed by atoms with Gasteiger partial charge in [-0.15, -0.1) is 0 Å². The number of fused-ring (bicyclic) bond motifs is 1. The molecule has 0 amide bonds. The Morgan fingerprint density at radius 3 is 2.65 bits per heavy atom. The Balaban J connectivity index is 1.42. The maximum atomic E-state index is 16.9. The number of ether oxygens (including phenoxy) is 4. The van der Waals surface area contributed by atoms with E-state index in [2.05, 4.69) is 15.0 Å². The number of pyridine rings is 2. The number of rotatable bonds is 8. The van der Waals surface area contributed by atoms with E-state index in [1.165, 1.54) is 6.92 Å². The highest BCUT2D eigenvalue weighted by molar-refractivity contribution is 6.36. The van der Waals surface area contributed by atoms with Crippen LogP contribution in [0.3, 0.4) is 0 Å². The first-order valence-corrected chi connectivity index (χ1v) is 15.6. The molecule has 0 unspecified atom stereocenters. The van der Waals surface area contributed by atoms with Gasteiger partial charge >= 0.3 is 12.2 Å². The summed E-state index contributed by atoms with van der Waals surface area (Å²) in [5.41, 5.74) is 8.82. The maximum Gasteiger partial charge on any atom is 0.418 e. The highest BCUT2D eigenvalue weighted by atomic mass is 35.5. The second-order valence-corrected chi connectivity index (χ2v) is 13.1. The molecule has 6 heterocycles. The van der Waals surface area contributed by atoms with Gasteiger partial charge in [-0.05, 0) is 44.4 Å². The zero-order valence-corrected chi connectivity index (χ0v) is 27.0. The SMILES string of the molecule is COCC12COC(COc3nc4c5c(c(Cl)c(-c6nc(N)cc(C)c6C(F)(F)F)c(F)c5n3)OCCN4[C@H](C)c3cccnc3N)(C1)C2. The predicted octanol–water partition coefficient (Wildman–Crippen LogP) is 5.91. The average Bonchev–Trinajstić information content (AvgIpc) is 3.47. The number of aromatic nitrogens is 4. The smallest absolute Gasteiger partial charge is 0.418 e. The van der Waals surface area contributed by atoms with Gasteiger partial charge in [0.2, 0.25) is 0 Å². The number of halogens is 5. The lowest BCUT2D eigenvalue weighted by atomic mass is 9.63. The third-order valence-electron chi connectivity index (χ3n) is 9.33. The van der Waals surface area contributed by atoms with E-state index in [-0.39, 0.29) is 70.9 Å². The van der Waals surface area contributed by atoms with E-state index in [4.69, 9.17) is 47.0 Å². The first-order chi connectivity index (χ1) is 22.8. The number of nitrogen functional groups attached to an aromatic ring is 2. The van der Waals surface area contributed by atoms with Gasteiger partial charge in [-0.1, -0.05) is 17.7 Å². The third-order valence-corrected chi connectivity index (χ3v) is 9.69. The van der Waals surface area contributed by atoms with E-state index in [0.717, 1.165) is 6.07 Å². The van der Waals surface area contributed by atoms with Crippen LogP contribution in [-0.4, -0.2) is 65.6 Å². The number of anilines is 3. The summed E-state index contributed by atoms with van der Waals surface area (Å²) in [4.78, 5) is 19.1. The fraction of sp³-hybridized carbons (Fsp3) is 0.438. The zero-order chi connectivity index (χ0) is 34.2. The van der Waals surface area contributed by atoms with E-state index < -0.39 is 45.5 Å². The minimum Gasteiger partial charge on any atom is -0.489 e. The molecule has 4 aromatic rings. The molecule has 48 heavy (non-hydrogen) atoms. The first-order valence-electron chi connectivity index (χ1n) is 15.2. The van der Waals surface area contributed by atoms with Crippen LogP contribution in [0, 0.1) is 18.2 Å². The Bertz CT molecular complexity index is 1940. The van der Waals surface area contributed by atoms with Crippen molar-refractivity contribution in [3.8, 4) is 23.0 Å². The summed E-state index contributed by atoms with van der Waals surface area (Å²) in [7, 11) is 1.64. The molecular weight excluding hydrogens is 658 g/mol. The Morgan fingerprint density at radius 2 is 1.94 bits per heavy atom. The fourth-order valence-corrected chi connectivity index (χ4v) is 7.70. The quantitative estimate of drug-likeness (QED) is 0.213. The standard InChI is InChI=1S/C32H32ClF4N7O4/c1-15-9-18(38)41-24(21(15)32(35,36)37)19-22(33)26-20-25(23(19)34)42-29(47-14-31-10-30(11-31,12-45-3)13-48-31)43-28(20)44(7-8-46-26)16(2)17-5-4-6-40-27(17)39/h4-6,9,16H,7-8,10-14H2,1-3H3,(H2,38,41)(H2,39,40)/t16-,30?,31?/m1/s1. The largest absolute Gasteiger partial charge is 0.489 e. The van der Waals surface area contributed by atoms with Crippen LogP contribution in [0.5, 0.6) is 11.8 Å². The van der Waals surface area contributed by atoms with Crippen molar-refractivity contribution in [1.82, 2.24) is 19.9 Å². The number of nitrogens with zero attached hydrogens (tertiary/aromatic N) is 5. The average molecular weight is 690 g/mol. The van der Waals surface area contributed by atoms with Crippen LogP contribution in [0.4, 0.5) is 35.0 Å². The summed E-state index contributed by atoms with van der Waals surface area (Å²) in [5, 5.41) is -0.383. The molecule has 254 valence electrons. The summed E-state index contributed by atoms with van der Waals surface area (Å²) < 4.78 is 83.8. The summed E-state index contributed by atoms with van der Waals surface area (Å²) in [6, 6.07) is 3.92. The van der Waals surface area contributed by atoms with Crippen molar-refractivity contribution >= 4 is 40.0 Å². The Morgan fingerprint density at radius 1 is 1.17 bits per heavy atom. The number of hydrogen-bond acceptors (Lipinski definition) is 11. The van der Waals surface area contributed by atoms with Crippen molar-refractivity contribution in [1.29, 1.82) is 0 Å². The Labute approximate surface area is 277 Å². The zero-order valence-electron chi connectivity index (χ0n) is 26.3. The molecule has 1 aromatic carbocycles. The van der Waals surface area contributed by atoms with Crippen LogP contribution in [0.15, 0.2) is 24.4 Å². The molecule has 1 atom stereocenters. The molecule has 3 aromatic heterocycles. The molecule has 16 heteroatoms. The minimum absolute atomic E-state index is 0.00496. The van der Waals surface area contributed by atoms with Gasteiger partial charge in [-0.3, -0.25) is 0 Å². The first kappa shape index (κ1) is 32.3. The second-order valence-electron chi connectivity index (χ2n) is 12.7. The summed E-state index contributed by atoms with van der Waals surface area (Å²) in [5.74, 6) is -1.06. The van der Waals surface area contributed by atoms with Crippen LogP contribution in [0.2, 0.25) is 5.02 Å². The number of alkyl halides is 3. The molecule has 2 saturated heterocycles. The number of methoxy groups -OCH3 is 1. The normalized spacial score (nSPS) is 22.3. The van der Waals surface area contributed by atoms with Gasteiger partial charge in [0, 0.05) is 24.3 Å². The Hall–Kier alpha value is -4.21. The van der Waals surface area contributed by atoms with Crippen molar-refractivity contribution in [3.05, 3.63) is 51.9 Å². The number of aryl methyl sites for hydroxylation is 1. The van der Waals surface area contributed by atoms with E-state index in [9.17, 15) is 13.2 Å². The Kier molecular flexibility index (Phi) is 7.71. The van der Waals surface area contributed by atoms with Gasteiger partial charge < -0.3 is 35.3 Å². The molecule has 1 saturated carbocycles. The highest BCUT2D eigenvalue weighted by Crippen LogP contribution is 2.58. The lowest BCUT2D eigenvalue weighted by Crippen LogP contribution is -2.50. The van der Waals surface area contributed by atoms with E-state index in [1.54, 1.807) is 25.4 Å². The number of benzene rings is 1. The van der Waals surface area contributed by atoms with Crippen molar-refractivity contribution in [2.45, 2.75) is 44.5 Å². The molecule has 0 spiro atoms. The predicted molar refractivity (Wildman–Crippen MR) is 170 cm³/mol. The molecule has 3 aliphatic heterocycles. The summed E-state index contributed by atoms with van der Waals surface area (Å²) in [6.07, 6.45) is -1.96. The lowest BCUT2D eigenvalue weighted by Gasteiger charge is -2.43. The van der Waals surface area contributed by atoms with Crippen LogP contribution < -0.4 is 25.8 Å². The molecular formula is C32H32ClF4N7O4. The van der Waals surface area contributed by atoms with Crippen LogP contribution in [0.25, 0.3) is 22.2 Å². The number of nitrogens with two attached hydrogens (primary N) is 2. The molecule has 2 bridgehead atoms. The second kappa shape index (κ2) is 11.4. The topological polar surface area (TPSA) is 144 Å². The molecule has 3 fully saturated rings. The van der Waals surface area contributed by atoms with Crippen molar-refractivity contribution in [2.24, 2.45) is 5.41 Å². The maximum absolute atomic E-state index is 16.9. The van der Waals surface area contributed by atoms with Gasteiger partial charge in [-0.2, -0.15) is 23.1 Å². The van der Waals surface area contributed by atoms with Crippen LogP contribution in [-0.2, 0) is 15.7 Å². The van der Waals surface area contributed by atoms with Gasteiger partial charge in [0.15, 0.2) is 11.6 Å². The molecule has 1 aliphatic carbocycles. The van der Waals surface area contributed by atoms with Crippen LogP contribution >= 0.6 is 11.6 Å². The van der Waals surface area contributed by atoms with Crippen molar-refractivity contribution in [3.63, 3.8) is 0 Å². The van der Waals surface area contributed by atoms with Crippen molar-refractivity contribution in [2.75, 3.05) is 56.4 Å². The number of hydrogen-bond donors (Lipinski definition) is 2.